The van der Waals surface area contributed by atoms with E-state index in [1.807, 2.05) is 0 Å². The van der Waals surface area contributed by atoms with Gasteiger partial charge in [0.25, 0.3) is 0 Å². The molecule has 0 aliphatic rings. The summed E-state index contributed by atoms with van der Waals surface area (Å²) in [5.74, 6) is 0. The van der Waals surface area contributed by atoms with Gasteiger partial charge in [0.05, 0.1) is 6.61 Å². The van der Waals surface area contributed by atoms with Gasteiger partial charge in [0.1, 0.15) is 0 Å². The summed E-state index contributed by atoms with van der Waals surface area (Å²) in [6, 6.07) is 0. The Labute approximate surface area is 56.8 Å². The number of thiophene rings is 1. The van der Waals surface area contributed by atoms with E-state index < -0.39 is 0 Å². The molecule has 0 amide bonds. The average molecular weight is 142 g/mol. The van der Waals surface area contributed by atoms with Gasteiger partial charge in [-0.25, -0.2) is 0 Å². The maximum Gasteiger partial charge on any atom is 0.151 e. The largest absolute Gasteiger partial charge is 0.392 e. The topological polar surface area (TPSA) is 37.3 Å². The minimum atomic E-state index is -0.0441. The van der Waals surface area contributed by atoms with Gasteiger partial charge in [-0.05, 0) is 10.9 Å². The molecule has 0 saturated carbocycles. The van der Waals surface area contributed by atoms with Crippen molar-refractivity contribution in [1.29, 1.82) is 0 Å². The predicted octanol–water partition coefficient (Wildman–Crippen LogP) is 1.05. The highest BCUT2D eigenvalue weighted by molar-refractivity contribution is 7.08. The van der Waals surface area contributed by atoms with Crippen LogP contribution in [0.2, 0.25) is 0 Å². The summed E-state index contributed by atoms with van der Waals surface area (Å²) >= 11 is 1.42. The zero-order chi connectivity index (χ0) is 6.69. The third kappa shape index (κ3) is 1.17. The highest BCUT2D eigenvalue weighted by Crippen LogP contribution is 2.11. The number of aliphatic hydroxyl groups is 1. The third-order valence-corrected chi connectivity index (χ3v) is 1.88. The number of hydrogen-bond donors (Lipinski definition) is 1. The van der Waals surface area contributed by atoms with Crippen LogP contribution in [0.15, 0.2) is 10.8 Å². The Hall–Kier alpha value is -0.670. The van der Waals surface area contributed by atoms with Crippen LogP contribution in [0, 0.1) is 0 Å². The number of carbonyl (C=O) groups is 1. The van der Waals surface area contributed by atoms with Gasteiger partial charge in [-0.3, -0.25) is 4.79 Å². The lowest BCUT2D eigenvalue weighted by atomic mass is 10.2. The molecular weight excluding hydrogens is 136 g/mol. The van der Waals surface area contributed by atoms with E-state index in [0.29, 0.717) is 5.56 Å². The number of carbonyl (C=O) groups excluding carboxylic acids is 1. The molecule has 0 fully saturated rings. The molecule has 0 unspecified atom stereocenters. The quantitative estimate of drug-likeness (QED) is 0.627. The zero-order valence-corrected chi connectivity index (χ0v) is 5.52. The Morgan fingerprint density at radius 2 is 2.44 bits per heavy atom. The van der Waals surface area contributed by atoms with E-state index >= 15 is 0 Å². The van der Waals surface area contributed by atoms with E-state index in [1.165, 1.54) is 11.3 Å². The van der Waals surface area contributed by atoms with Crippen molar-refractivity contribution in [3.8, 4) is 0 Å². The second kappa shape index (κ2) is 2.75. The van der Waals surface area contributed by atoms with Crippen molar-refractivity contribution in [2.75, 3.05) is 0 Å². The SMILES string of the molecule is O=Cc1cscc1CO. The van der Waals surface area contributed by atoms with Gasteiger partial charge in [0.2, 0.25) is 0 Å². The Bertz CT molecular complexity index is 205. The van der Waals surface area contributed by atoms with Crippen LogP contribution in [0.25, 0.3) is 0 Å². The summed E-state index contributed by atoms with van der Waals surface area (Å²) in [6.45, 7) is -0.0441. The van der Waals surface area contributed by atoms with E-state index in [2.05, 4.69) is 0 Å². The van der Waals surface area contributed by atoms with Crippen molar-refractivity contribution in [1.82, 2.24) is 0 Å². The number of hydrogen-bond acceptors (Lipinski definition) is 3. The van der Waals surface area contributed by atoms with Crippen LogP contribution in [0.3, 0.4) is 0 Å². The van der Waals surface area contributed by atoms with E-state index in [-0.39, 0.29) is 6.61 Å². The molecule has 0 bridgehead atoms. The predicted molar refractivity (Wildman–Crippen MR) is 35.6 cm³/mol. The number of rotatable bonds is 2. The maximum atomic E-state index is 10.1. The molecule has 1 N–H and O–H groups in total. The molecule has 0 saturated heterocycles. The van der Waals surface area contributed by atoms with Crippen LogP contribution >= 0.6 is 11.3 Å². The van der Waals surface area contributed by atoms with Crippen molar-refractivity contribution >= 4 is 17.6 Å². The Morgan fingerprint density at radius 1 is 1.67 bits per heavy atom. The number of aliphatic hydroxyl groups excluding tert-OH is 1. The minimum Gasteiger partial charge on any atom is -0.392 e. The van der Waals surface area contributed by atoms with Gasteiger partial charge in [0.15, 0.2) is 6.29 Å². The van der Waals surface area contributed by atoms with Crippen LogP contribution < -0.4 is 0 Å². The summed E-state index contributed by atoms with van der Waals surface area (Å²) in [4.78, 5) is 10.1. The monoisotopic (exact) mass is 142 g/mol. The van der Waals surface area contributed by atoms with Crippen LogP contribution in [-0.4, -0.2) is 11.4 Å². The highest BCUT2D eigenvalue weighted by atomic mass is 32.1. The summed E-state index contributed by atoms with van der Waals surface area (Å²) < 4.78 is 0. The number of aldehydes is 1. The summed E-state index contributed by atoms with van der Waals surface area (Å²) in [5.41, 5.74) is 1.32. The molecule has 3 heteroatoms. The first-order valence-electron chi connectivity index (χ1n) is 2.49. The second-order valence-corrected chi connectivity index (χ2v) is 2.37. The molecule has 0 aliphatic carbocycles. The maximum absolute atomic E-state index is 10.1. The van der Waals surface area contributed by atoms with E-state index in [9.17, 15) is 4.79 Å². The van der Waals surface area contributed by atoms with Crippen molar-refractivity contribution in [2.45, 2.75) is 6.61 Å². The molecule has 48 valence electrons. The lowest BCUT2D eigenvalue weighted by Crippen LogP contribution is -1.84. The molecule has 0 radical (unpaired) electrons. The van der Waals surface area contributed by atoms with Crippen LogP contribution in [0.4, 0.5) is 0 Å². The summed E-state index contributed by atoms with van der Waals surface area (Å²) in [5, 5.41) is 12.1. The van der Waals surface area contributed by atoms with Gasteiger partial charge < -0.3 is 5.11 Å². The smallest absolute Gasteiger partial charge is 0.151 e. The molecule has 0 spiro atoms. The van der Waals surface area contributed by atoms with E-state index in [4.69, 9.17) is 5.11 Å². The van der Waals surface area contributed by atoms with E-state index in [0.717, 1.165) is 11.8 Å². The normalized spacial score (nSPS) is 9.44. The summed E-state index contributed by atoms with van der Waals surface area (Å²) in [6.07, 6.45) is 0.752. The third-order valence-electron chi connectivity index (χ3n) is 1.07. The molecule has 2 nitrogen and oxygen atoms in total. The lowest BCUT2D eigenvalue weighted by molar-refractivity contribution is 0.112. The fourth-order valence-corrected chi connectivity index (χ4v) is 1.36. The van der Waals surface area contributed by atoms with Crippen molar-refractivity contribution in [3.05, 3.63) is 21.9 Å². The molecule has 1 rings (SSSR count). The lowest BCUT2D eigenvalue weighted by Gasteiger charge is -1.86. The zero-order valence-electron chi connectivity index (χ0n) is 4.70. The molecule has 1 aromatic heterocycles. The molecular formula is C6H6O2S. The fourth-order valence-electron chi connectivity index (χ4n) is 0.565. The molecule has 0 aliphatic heterocycles. The molecule has 0 aromatic carbocycles. The average Bonchev–Trinajstić information content (AvgIpc) is 2.33. The van der Waals surface area contributed by atoms with E-state index in [1.54, 1.807) is 10.8 Å². The molecule has 0 atom stereocenters. The van der Waals surface area contributed by atoms with Crippen molar-refractivity contribution in [2.24, 2.45) is 0 Å². The van der Waals surface area contributed by atoms with Crippen LogP contribution in [0.1, 0.15) is 15.9 Å². The molecule has 1 aromatic rings. The van der Waals surface area contributed by atoms with Crippen molar-refractivity contribution < 1.29 is 9.90 Å². The van der Waals surface area contributed by atoms with Gasteiger partial charge in [-0.2, -0.15) is 11.3 Å². The minimum absolute atomic E-state index is 0.0441. The van der Waals surface area contributed by atoms with Crippen molar-refractivity contribution in [3.63, 3.8) is 0 Å². The Balaban J connectivity index is 2.98. The molecule has 1 heterocycles. The van der Waals surface area contributed by atoms with Gasteiger partial charge in [-0.1, -0.05) is 0 Å². The fraction of sp³-hybridized carbons (Fsp3) is 0.167. The first kappa shape index (κ1) is 6.45. The Morgan fingerprint density at radius 3 is 2.89 bits per heavy atom. The standard InChI is InChI=1S/C6H6O2S/c7-1-5-3-9-4-6(5)2-8/h1,3-4,8H,2H2. The Kier molecular flexibility index (Phi) is 1.97. The highest BCUT2D eigenvalue weighted by Gasteiger charge is 1.98. The second-order valence-electron chi connectivity index (χ2n) is 1.63. The first-order chi connectivity index (χ1) is 4.38. The van der Waals surface area contributed by atoms with Crippen LogP contribution in [-0.2, 0) is 6.61 Å². The summed E-state index contributed by atoms with van der Waals surface area (Å²) in [7, 11) is 0. The van der Waals surface area contributed by atoms with Gasteiger partial charge in [0, 0.05) is 10.9 Å². The van der Waals surface area contributed by atoms with Gasteiger partial charge >= 0.3 is 0 Å². The first-order valence-corrected chi connectivity index (χ1v) is 3.44. The van der Waals surface area contributed by atoms with Gasteiger partial charge in [-0.15, -0.1) is 0 Å². The molecule has 9 heavy (non-hydrogen) atoms. The van der Waals surface area contributed by atoms with Crippen LogP contribution in [0.5, 0.6) is 0 Å².